The van der Waals surface area contributed by atoms with Gasteiger partial charge in [0.2, 0.25) is 0 Å². The first-order valence-corrected chi connectivity index (χ1v) is 9.70. The fourth-order valence-electron chi connectivity index (χ4n) is 1.95. The zero-order valence-electron chi connectivity index (χ0n) is 14.9. The second-order valence-corrected chi connectivity index (χ2v) is 6.89. The van der Waals surface area contributed by atoms with Crippen LogP contribution in [0.2, 0.25) is 0 Å². The zero-order chi connectivity index (χ0) is 16.9. The summed E-state index contributed by atoms with van der Waals surface area (Å²) in [6.07, 6.45) is 4.56. The Morgan fingerprint density at radius 2 is 1.91 bits per heavy atom. The first kappa shape index (κ1) is 19.7. The van der Waals surface area contributed by atoms with Crippen LogP contribution in [0.3, 0.4) is 0 Å². The van der Waals surface area contributed by atoms with Crippen molar-refractivity contribution in [2.24, 2.45) is 10.9 Å². The summed E-state index contributed by atoms with van der Waals surface area (Å²) in [6, 6.07) is 8.23. The average molecular weight is 338 g/mol. The molecule has 0 aromatic heterocycles. The summed E-state index contributed by atoms with van der Waals surface area (Å²) in [5, 5.41) is 6.69. The van der Waals surface area contributed by atoms with Crippen molar-refractivity contribution in [3.05, 3.63) is 29.8 Å². The molecule has 0 unspecified atom stereocenters. The lowest BCUT2D eigenvalue weighted by atomic mass is 10.2. The maximum absolute atomic E-state index is 5.70. The predicted octanol–water partition coefficient (Wildman–Crippen LogP) is 3.53. The third-order valence-electron chi connectivity index (χ3n) is 3.26. The van der Waals surface area contributed by atoms with Crippen molar-refractivity contribution in [2.75, 3.05) is 32.2 Å². The van der Waals surface area contributed by atoms with Crippen molar-refractivity contribution in [1.82, 2.24) is 10.6 Å². The second kappa shape index (κ2) is 12.1. The molecule has 0 aliphatic carbocycles. The number of benzene rings is 1. The van der Waals surface area contributed by atoms with E-state index in [1.165, 1.54) is 24.2 Å². The topological polar surface area (TPSA) is 45.7 Å². The summed E-state index contributed by atoms with van der Waals surface area (Å²) in [4.78, 5) is 4.25. The minimum Gasteiger partial charge on any atom is -0.493 e. The Hall–Kier alpha value is -1.36. The van der Waals surface area contributed by atoms with Crippen molar-refractivity contribution in [3.8, 4) is 5.75 Å². The van der Waals surface area contributed by atoms with Gasteiger partial charge in [-0.25, -0.2) is 0 Å². The molecule has 0 saturated heterocycles. The highest BCUT2D eigenvalue weighted by Crippen LogP contribution is 2.13. The molecule has 0 heterocycles. The van der Waals surface area contributed by atoms with E-state index in [4.69, 9.17) is 4.74 Å². The Bertz CT molecular complexity index is 446. The maximum Gasteiger partial charge on any atom is 0.191 e. The van der Waals surface area contributed by atoms with E-state index in [9.17, 15) is 0 Å². The normalized spacial score (nSPS) is 11.6. The average Bonchev–Trinajstić information content (AvgIpc) is 2.56. The second-order valence-electron chi connectivity index (χ2n) is 5.90. The van der Waals surface area contributed by atoms with Crippen LogP contribution in [-0.2, 0) is 6.54 Å². The van der Waals surface area contributed by atoms with Gasteiger partial charge in [-0.1, -0.05) is 26.0 Å². The Balaban J connectivity index is 2.29. The van der Waals surface area contributed by atoms with E-state index in [-0.39, 0.29) is 0 Å². The van der Waals surface area contributed by atoms with Crippen LogP contribution in [0.5, 0.6) is 5.75 Å². The molecule has 130 valence electrons. The molecule has 0 bridgehead atoms. The van der Waals surface area contributed by atoms with Crippen LogP contribution in [0.4, 0.5) is 0 Å². The number of hydrogen-bond acceptors (Lipinski definition) is 3. The van der Waals surface area contributed by atoms with E-state index < -0.39 is 0 Å². The molecule has 23 heavy (non-hydrogen) atoms. The van der Waals surface area contributed by atoms with Crippen molar-refractivity contribution in [1.29, 1.82) is 0 Å². The molecule has 0 spiro atoms. The first-order valence-electron chi connectivity index (χ1n) is 8.31. The van der Waals surface area contributed by atoms with Gasteiger partial charge in [0.15, 0.2) is 5.96 Å². The molecule has 0 aliphatic heterocycles. The molecule has 0 atom stereocenters. The molecule has 1 aromatic carbocycles. The van der Waals surface area contributed by atoms with Gasteiger partial charge in [-0.15, -0.1) is 0 Å². The highest BCUT2D eigenvalue weighted by atomic mass is 32.2. The van der Waals surface area contributed by atoms with E-state index in [0.29, 0.717) is 5.92 Å². The largest absolute Gasteiger partial charge is 0.493 e. The van der Waals surface area contributed by atoms with Crippen LogP contribution in [-0.4, -0.2) is 38.2 Å². The predicted molar refractivity (Wildman–Crippen MR) is 103 cm³/mol. The monoisotopic (exact) mass is 337 g/mol. The summed E-state index contributed by atoms with van der Waals surface area (Å²) in [5.74, 6) is 3.55. The maximum atomic E-state index is 5.70. The number of aliphatic imine (C=N–C) groups is 1. The van der Waals surface area contributed by atoms with Crippen molar-refractivity contribution in [2.45, 2.75) is 33.2 Å². The quantitative estimate of drug-likeness (QED) is 0.389. The molecular weight excluding hydrogens is 306 g/mol. The zero-order valence-corrected chi connectivity index (χ0v) is 15.7. The highest BCUT2D eigenvalue weighted by molar-refractivity contribution is 7.98. The first-order chi connectivity index (χ1) is 11.2. The molecule has 1 rings (SSSR count). The minimum absolute atomic E-state index is 0.543. The van der Waals surface area contributed by atoms with Gasteiger partial charge in [0.1, 0.15) is 5.75 Å². The van der Waals surface area contributed by atoms with E-state index in [1.54, 1.807) is 7.05 Å². The Morgan fingerprint density at radius 1 is 1.17 bits per heavy atom. The van der Waals surface area contributed by atoms with Gasteiger partial charge >= 0.3 is 0 Å². The summed E-state index contributed by atoms with van der Waals surface area (Å²) >= 11 is 1.90. The van der Waals surface area contributed by atoms with Gasteiger partial charge in [-0.05, 0) is 48.5 Å². The molecule has 0 fully saturated rings. The van der Waals surface area contributed by atoms with Crippen molar-refractivity contribution >= 4 is 17.7 Å². The standard InChI is InChI=1S/C18H31N3OS/c1-15(2)14-22-17-9-7-16(8-10-17)13-21-18(19-3)20-11-5-6-12-23-4/h7-10,15H,5-6,11-14H2,1-4H3,(H2,19,20,21). The molecule has 1 aromatic rings. The molecule has 0 radical (unpaired) electrons. The SMILES string of the molecule is CN=C(NCCCCSC)NCc1ccc(OCC(C)C)cc1. The van der Waals surface area contributed by atoms with Gasteiger partial charge in [-0.3, -0.25) is 4.99 Å². The lowest BCUT2D eigenvalue weighted by molar-refractivity contribution is 0.271. The van der Waals surface area contributed by atoms with Gasteiger partial charge < -0.3 is 15.4 Å². The van der Waals surface area contributed by atoms with E-state index in [2.05, 4.69) is 47.9 Å². The summed E-state index contributed by atoms with van der Waals surface area (Å²) in [6.45, 7) is 6.78. The minimum atomic E-state index is 0.543. The Labute approximate surface area is 145 Å². The number of thioether (sulfide) groups is 1. The molecule has 5 heteroatoms. The number of ether oxygens (including phenoxy) is 1. The number of hydrogen-bond donors (Lipinski definition) is 2. The van der Waals surface area contributed by atoms with Crippen LogP contribution < -0.4 is 15.4 Å². The molecule has 0 saturated carbocycles. The fraction of sp³-hybridized carbons (Fsp3) is 0.611. The summed E-state index contributed by atoms with van der Waals surface area (Å²) < 4.78 is 5.70. The van der Waals surface area contributed by atoms with Gasteiger partial charge in [0.25, 0.3) is 0 Å². The molecule has 2 N–H and O–H groups in total. The van der Waals surface area contributed by atoms with E-state index in [1.807, 2.05) is 23.9 Å². The van der Waals surface area contributed by atoms with Gasteiger partial charge in [0.05, 0.1) is 6.61 Å². The van der Waals surface area contributed by atoms with Gasteiger partial charge in [-0.2, -0.15) is 11.8 Å². The summed E-state index contributed by atoms with van der Waals surface area (Å²) in [5.41, 5.74) is 1.22. The number of unbranched alkanes of at least 4 members (excludes halogenated alkanes) is 1. The highest BCUT2D eigenvalue weighted by Gasteiger charge is 2.00. The third-order valence-corrected chi connectivity index (χ3v) is 3.95. The molecule has 0 aliphatic rings. The lowest BCUT2D eigenvalue weighted by Gasteiger charge is -2.12. The van der Waals surface area contributed by atoms with Crippen LogP contribution in [0.1, 0.15) is 32.3 Å². The van der Waals surface area contributed by atoms with E-state index in [0.717, 1.165) is 31.4 Å². The molecule has 4 nitrogen and oxygen atoms in total. The van der Waals surface area contributed by atoms with Crippen LogP contribution >= 0.6 is 11.8 Å². The molecule has 0 amide bonds. The summed E-state index contributed by atoms with van der Waals surface area (Å²) in [7, 11) is 1.81. The third kappa shape index (κ3) is 9.39. The number of guanidine groups is 1. The molecular formula is C18H31N3OS. The lowest BCUT2D eigenvalue weighted by Crippen LogP contribution is -2.37. The van der Waals surface area contributed by atoms with Crippen LogP contribution in [0.25, 0.3) is 0 Å². The number of nitrogens with zero attached hydrogens (tertiary/aromatic N) is 1. The number of rotatable bonds is 10. The van der Waals surface area contributed by atoms with E-state index >= 15 is 0 Å². The van der Waals surface area contributed by atoms with Crippen LogP contribution in [0.15, 0.2) is 29.3 Å². The Morgan fingerprint density at radius 3 is 2.52 bits per heavy atom. The number of nitrogens with one attached hydrogen (secondary N) is 2. The van der Waals surface area contributed by atoms with Crippen molar-refractivity contribution < 1.29 is 4.74 Å². The Kier molecular flexibility index (Phi) is 10.4. The van der Waals surface area contributed by atoms with Gasteiger partial charge in [0, 0.05) is 20.1 Å². The smallest absolute Gasteiger partial charge is 0.191 e. The van der Waals surface area contributed by atoms with Crippen LogP contribution in [0, 0.1) is 5.92 Å². The van der Waals surface area contributed by atoms with Crippen molar-refractivity contribution in [3.63, 3.8) is 0 Å². The fourth-order valence-corrected chi connectivity index (χ4v) is 2.44.